The second-order valence-electron chi connectivity index (χ2n) is 6.98. The van der Waals surface area contributed by atoms with Crippen molar-refractivity contribution in [2.45, 2.75) is 13.5 Å². The Morgan fingerprint density at radius 2 is 1.31 bits per heavy atom. The first-order valence-electron chi connectivity index (χ1n) is 9.88. The summed E-state index contributed by atoms with van der Waals surface area (Å²) in [5.41, 5.74) is 7.08. The number of thiazole rings is 1. The number of aromatic nitrogens is 2. The van der Waals surface area contributed by atoms with Crippen molar-refractivity contribution >= 4 is 21.6 Å². The van der Waals surface area contributed by atoms with Gasteiger partial charge < -0.3 is 0 Å². The van der Waals surface area contributed by atoms with Crippen LogP contribution in [0, 0.1) is 0 Å². The van der Waals surface area contributed by atoms with Crippen molar-refractivity contribution in [3.8, 4) is 33.1 Å². The minimum Gasteiger partial charge on any atom is -0.230 e. The van der Waals surface area contributed by atoms with Gasteiger partial charge >= 0.3 is 0 Å². The van der Waals surface area contributed by atoms with E-state index in [1.807, 2.05) is 0 Å². The molecule has 0 spiro atoms. The lowest BCUT2D eigenvalue weighted by Crippen LogP contribution is -2.37. The number of pyridine rings is 1. The average Bonchev–Trinajstić information content (AvgIpc) is 3.23. The second-order valence-corrected chi connectivity index (χ2v) is 8.01. The molecular formula is C26H21N2S+. The summed E-state index contributed by atoms with van der Waals surface area (Å²) < 4.78 is 3.59. The molecule has 0 bridgehead atoms. The molecule has 0 N–H and O–H groups in total. The van der Waals surface area contributed by atoms with Crippen LogP contribution in [0.1, 0.15) is 6.92 Å². The van der Waals surface area contributed by atoms with Crippen LogP contribution < -0.4 is 4.57 Å². The van der Waals surface area contributed by atoms with E-state index in [0.29, 0.717) is 0 Å². The Labute approximate surface area is 174 Å². The minimum atomic E-state index is 0.880. The fraction of sp³-hybridized carbons (Fsp3) is 0.0769. The summed E-state index contributed by atoms with van der Waals surface area (Å²) in [6.07, 6.45) is 0. The molecule has 0 amide bonds. The highest BCUT2D eigenvalue weighted by atomic mass is 32.1. The molecule has 0 atom stereocenters. The molecule has 0 aliphatic carbocycles. The van der Waals surface area contributed by atoms with Gasteiger partial charge in [0.15, 0.2) is 5.01 Å². The van der Waals surface area contributed by atoms with E-state index in [-0.39, 0.29) is 0 Å². The zero-order valence-corrected chi connectivity index (χ0v) is 17.1. The molecule has 3 aromatic carbocycles. The molecular weight excluding hydrogens is 372 g/mol. The zero-order valence-electron chi connectivity index (χ0n) is 16.2. The minimum absolute atomic E-state index is 0.880. The number of benzene rings is 3. The third kappa shape index (κ3) is 3.34. The highest BCUT2D eigenvalue weighted by molar-refractivity contribution is 7.21. The standard InChI is InChI=1S/C26H21N2S/c1-2-28-23(20-13-7-4-8-14-20)17-21(19-11-5-3-6-12-19)18-24(28)26-27-22-15-9-10-16-25(22)29-26/h3-18H,2H2,1H3/q+1. The predicted octanol–water partition coefficient (Wildman–Crippen LogP) is 6.60. The van der Waals surface area contributed by atoms with E-state index in [0.717, 1.165) is 22.8 Å². The second kappa shape index (κ2) is 7.61. The molecule has 5 aromatic rings. The maximum Gasteiger partial charge on any atom is 0.242 e. The molecule has 0 saturated heterocycles. The number of fused-ring (bicyclic) bond motifs is 1. The lowest BCUT2D eigenvalue weighted by Gasteiger charge is -2.10. The van der Waals surface area contributed by atoms with E-state index >= 15 is 0 Å². The van der Waals surface area contributed by atoms with Gasteiger partial charge in [0.1, 0.15) is 6.54 Å². The Balaban J connectivity index is 1.80. The Morgan fingerprint density at radius 3 is 2.00 bits per heavy atom. The van der Waals surface area contributed by atoms with Crippen LogP contribution >= 0.6 is 11.3 Å². The van der Waals surface area contributed by atoms with Crippen molar-refractivity contribution in [2.24, 2.45) is 0 Å². The van der Waals surface area contributed by atoms with Crippen LogP contribution in [-0.2, 0) is 6.54 Å². The number of hydrogen-bond donors (Lipinski definition) is 0. The summed E-state index contributed by atoms with van der Waals surface area (Å²) in [5.74, 6) is 0. The summed E-state index contributed by atoms with van der Waals surface area (Å²) in [4.78, 5) is 4.96. The van der Waals surface area contributed by atoms with Gasteiger partial charge in [-0.2, -0.15) is 4.57 Å². The van der Waals surface area contributed by atoms with Crippen LogP contribution in [0.5, 0.6) is 0 Å². The third-order valence-electron chi connectivity index (χ3n) is 5.17. The molecule has 140 valence electrons. The Kier molecular flexibility index (Phi) is 4.66. The van der Waals surface area contributed by atoms with Gasteiger partial charge in [-0.3, -0.25) is 0 Å². The van der Waals surface area contributed by atoms with Gasteiger partial charge in [-0.15, -0.1) is 11.3 Å². The number of para-hydroxylation sites is 1. The van der Waals surface area contributed by atoms with Crippen molar-refractivity contribution in [1.29, 1.82) is 0 Å². The average molecular weight is 394 g/mol. The van der Waals surface area contributed by atoms with Gasteiger partial charge in [0.2, 0.25) is 11.4 Å². The van der Waals surface area contributed by atoms with E-state index in [1.165, 1.54) is 27.1 Å². The molecule has 0 fully saturated rings. The summed E-state index contributed by atoms with van der Waals surface area (Å²) in [6.45, 7) is 3.08. The Hall–Kier alpha value is -3.30. The lowest BCUT2D eigenvalue weighted by molar-refractivity contribution is -0.671. The van der Waals surface area contributed by atoms with Crippen LogP contribution in [0.15, 0.2) is 97.1 Å². The molecule has 2 aromatic heterocycles. The van der Waals surface area contributed by atoms with Crippen molar-refractivity contribution in [1.82, 2.24) is 4.98 Å². The van der Waals surface area contributed by atoms with Gasteiger partial charge in [0.25, 0.3) is 0 Å². The molecule has 0 aliphatic rings. The molecule has 2 nitrogen and oxygen atoms in total. The summed E-state index contributed by atoms with van der Waals surface area (Å²) >= 11 is 1.76. The van der Waals surface area contributed by atoms with Crippen LogP contribution in [0.3, 0.4) is 0 Å². The Bertz CT molecular complexity index is 1240. The third-order valence-corrected chi connectivity index (χ3v) is 6.23. The zero-order chi connectivity index (χ0) is 19.6. The maximum atomic E-state index is 4.96. The summed E-state index contributed by atoms with van der Waals surface area (Å²) in [5, 5.41) is 1.06. The van der Waals surface area contributed by atoms with E-state index in [4.69, 9.17) is 4.98 Å². The lowest BCUT2D eigenvalue weighted by atomic mass is 10.0. The molecule has 0 saturated carbocycles. The van der Waals surface area contributed by atoms with E-state index < -0.39 is 0 Å². The van der Waals surface area contributed by atoms with Gasteiger partial charge in [-0.05, 0) is 42.3 Å². The fourth-order valence-corrected chi connectivity index (χ4v) is 4.76. The van der Waals surface area contributed by atoms with Crippen LogP contribution in [-0.4, -0.2) is 4.98 Å². The maximum absolute atomic E-state index is 4.96. The van der Waals surface area contributed by atoms with Crippen LogP contribution in [0.4, 0.5) is 0 Å². The summed E-state index contributed by atoms with van der Waals surface area (Å²) in [6, 6.07) is 34.1. The van der Waals surface area contributed by atoms with Gasteiger partial charge in [0.05, 0.1) is 10.2 Å². The molecule has 3 heteroatoms. The SMILES string of the molecule is CC[n+]1c(-c2ccccc2)cc(-c2ccccc2)cc1-c1nc2ccccc2s1. The predicted molar refractivity (Wildman–Crippen MR) is 122 cm³/mol. The molecule has 5 rings (SSSR count). The normalized spacial score (nSPS) is 11.1. The van der Waals surface area contributed by atoms with Crippen molar-refractivity contribution in [3.05, 3.63) is 97.1 Å². The highest BCUT2D eigenvalue weighted by Gasteiger charge is 2.23. The molecule has 0 unspecified atom stereocenters. The first-order valence-corrected chi connectivity index (χ1v) is 10.7. The first kappa shape index (κ1) is 17.8. The van der Waals surface area contributed by atoms with Gasteiger partial charge in [-0.1, -0.05) is 60.7 Å². The molecule has 0 aliphatic heterocycles. The number of rotatable bonds is 4. The number of nitrogens with zero attached hydrogens (tertiary/aromatic N) is 2. The monoisotopic (exact) mass is 393 g/mol. The van der Waals surface area contributed by atoms with Crippen LogP contribution in [0.2, 0.25) is 0 Å². The highest BCUT2D eigenvalue weighted by Crippen LogP contribution is 2.33. The quantitative estimate of drug-likeness (QED) is 0.314. The topological polar surface area (TPSA) is 16.8 Å². The van der Waals surface area contributed by atoms with Gasteiger partial charge in [0, 0.05) is 17.7 Å². The first-order chi connectivity index (χ1) is 14.3. The van der Waals surface area contributed by atoms with Crippen molar-refractivity contribution < 1.29 is 4.57 Å². The van der Waals surface area contributed by atoms with Crippen LogP contribution in [0.25, 0.3) is 43.3 Å². The van der Waals surface area contributed by atoms with Crippen molar-refractivity contribution in [2.75, 3.05) is 0 Å². The van der Waals surface area contributed by atoms with E-state index in [9.17, 15) is 0 Å². The largest absolute Gasteiger partial charge is 0.242 e. The fourth-order valence-electron chi connectivity index (χ4n) is 3.77. The molecule has 29 heavy (non-hydrogen) atoms. The molecule has 0 radical (unpaired) electrons. The molecule has 2 heterocycles. The van der Waals surface area contributed by atoms with E-state index in [2.05, 4.69) is 109 Å². The smallest absolute Gasteiger partial charge is 0.230 e. The Morgan fingerprint density at radius 1 is 0.690 bits per heavy atom. The van der Waals surface area contributed by atoms with E-state index in [1.54, 1.807) is 11.3 Å². The van der Waals surface area contributed by atoms with Gasteiger partial charge in [-0.25, -0.2) is 4.98 Å². The summed E-state index contributed by atoms with van der Waals surface area (Å²) in [7, 11) is 0. The van der Waals surface area contributed by atoms with Crippen molar-refractivity contribution in [3.63, 3.8) is 0 Å². The number of hydrogen-bond acceptors (Lipinski definition) is 2.